The zero-order chi connectivity index (χ0) is 18.4. The number of carbonyl (C=O) groups excluding carboxylic acids is 1. The van der Waals surface area contributed by atoms with Gasteiger partial charge in [-0.15, -0.1) is 10.2 Å². The molecular weight excluding hydrogens is 348 g/mol. The van der Waals surface area contributed by atoms with E-state index in [0.29, 0.717) is 25.1 Å². The van der Waals surface area contributed by atoms with Crippen LogP contribution in [-0.4, -0.2) is 63.2 Å². The Morgan fingerprint density at radius 2 is 1.92 bits per heavy atom. The number of methoxy groups -OCH3 is 1. The summed E-state index contributed by atoms with van der Waals surface area (Å²) in [6.45, 7) is 0.971. The van der Waals surface area contributed by atoms with Crippen LogP contribution in [0, 0.1) is 0 Å². The number of nitrogens with one attached hydrogen (secondary N) is 1. The van der Waals surface area contributed by atoms with Gasteiger partial charge in [0.1, 0.15) is 0 Å². The lowest BCUT2D eigenvalue weighted by Gasteiger charge is -2.11. The van der Waals surface area contributed by atoms with Crippen LogP contribution in [0.4, 0.5) is 0 Å². The summed E-state index contributed by atoms with van der Waals surface area (Å²) in [5, 5.41) is 10.2. The van der Waals surface area contributed by atoms with Gasteiger partial charge in [-0.25, -0.2) is 12.7 Å². The Labute approximate surface area is 146 Å². The van der Waals surface area contributed by atoms with Crippen molar-refractivity contribution in [1.82, 2.24) is 19.8 Å². The van der Waals surface area contributed by atoms with E-state index in [1.54, 1.807) is 19.2 Å². The van der Waals surface area contributed by atoms with Crippen molar-refractivity contribution in [3.8, 4) is 11.5 Å². The fourth-order valence-corrected chi connectivity index (χ4v) is 2.81. The predicted octanol–water partition coefficient (Wildman–Crippen LogP) is 0.753. The van der Waals surface area contributed by atoms with E-state index in [0.717, 1.165) is 4.31 Å². The molecule has 25 heavy (non-hydrogen) atoms. The summed E-state index contributed by atoms with van der Waals surface area (Å²) < 4.78 is 35.4. The molecule has 1 amide bonds. The summed E-state index contributed by atoms with van der Waals surface area (Å²) in [4.78, 5) is 12.0. The van der Waals surface area contributed by atoms with E-state index in [1.807, 2.05) is 0 Å². The van der Waals surface area contributed by atoms with E-state index < -0.39 is 15.9 Å². The molecule has 1 aromatic carbocycles. The SMILES string of the molecule is COCCCNC(=O)c1nnc(-c2ccc(S(=O)(=O)N(C)C)cc2)o1. The first-order valence-electron chi connectivity index (χ1n) is 7.50. The molecule has 0 saturated heterocycles. The number of sulfonamides is 1. The lowest BCUT2D eigenvalue weighted by Crippen LogP contribution is -2.25. The molecule has 1 heterocycles. The highest BCUT2D eigenvalue weighted by Gasteiger charge is 2.19. The summed E-state index contributed by atoms with van der Waals surface area (Å²) in [6.07, 6.45) is 0.672. The van der Waals surface area contributed by atoms with Crippen LogP contribution >= 0.6 is 0 Å². The number of benzene rings is 1. The topological polar surface area (TPSA) is 115 Å². The van der Waals surface area contributed by atoms with E-state index >= 15 is 0 Å². The highest BCUT2D eigenvalue weighted by molar-refractivity contribution is 7.89. The Hall–Kier alpha value is -2.30. The van der Waals surface area contributed by atoms with E-state index in [-0.39, 0.29) is 16.7 Å². The number of nitrogens with zero attached hydrogens (tertiary/aromatic N) is 3. The van der Waals surface area contributed by atoms with Crippen molar-refractivity contribution in [1.29, 1.82) is 0 Å². The molecule has 0 spiro atoms. The third-order valence-electron chi connectivity index (χ3n) is 3.31. The van der Waals surface area contributed by atoms with Crippen molar-refractivity contribution in [2.75, 3.05) is 34.4 Å². The second-order valence-corrected chi connectivity index (χ2v) is 7.48. The van der Waals surface area contributed by atoms with Crippen molar-refractivity contribution in [3.05, 3.63) is 30.2 Å². The van der Waals surface area contributed by atoms with Gasteiger partial charge < -0.3 is 14.5 Å². The first kappa shape index (κ1) is 19.0. The van der Waals surface area contributed by atoms with E-state index in [4.69, 9.17) is 9.15 Å². The molecule has 0 aliphatic carbocycles. The molecule has 0 fully saturated rings. The molecule has 0 bridgehead atoms. The van der Waals surface area contributed by atoms with Crippen molar-refractivity contribution >= 4 is 15.9 Å². The molecular formula is C15H20N4O5S. The van der Waals surface area contributed by atoms with Crippen LogP contribution in [0.1, 0.15) is 17.1 Å². The quantitative estimate of drug-likeness (QED) is 0.684. The van der Waals surface area contributed by atoms with Gasteiger partial charge in [0.25, 0.3) is 0 Å². The number of aromatic nitrogens is 2. The Morgan fingerprint density at radius 3 is 2.52 bits per heavy atom. The number of ether oxygens (including phenoxy) is 1. The van der Waals surface area contributed by atoms with Gasteiger partial charge in [-0.1, -0.05) is 0 Å². The fraction of sp³-hybridized carbons (Fsp3) is 0.400. The second-order valence-electron chi connectivity index (χ2n) is 5.33. The molecule has 9 nitrogen and oxygen atoms in total. The molecule has 0 unspecified atom stereocenters. The molecule has 2 aromatic rings. The van der Waals surface area contributed by atoms with Crippen LogP contribution < -0.4 is 5.32 Å². The predicted molar refractivity (Wildman–Crippen MR) is 89.4 cm³/mol. The van der Waals surface area contributed by atoms with E-state index in [9.17, 15) is 13.2 Å². The van der Waals surface area contributed by atoms with Crippen molar-refractivity contribution in [2.45, 2.75) is 11.3 Å². The molecule has 0 aliphatic heterocycles. The zero-order valence-corrected chi connectivity index (χ0v) is 15.0. The largest absolute Gasteiger partial charge is 0.412 e. The van der Waals surface area contributed by atoms with Crippen LogP contribution in [0.2, 0.25) is 0 Å². The number of carbonyl (C=O) groups is 1. The Balaban J connectivity index is 2.08. The van der Waals surface area contributed by atoms with Crippen LogP contribution in [0.5, 0.6) is 0 Å². The van der Waals surface area contributed by atoms with Gasteiger partial charge in [0.2, 0.25) is 15.9 Å². The number of amides is 1. The van der Waals surface area contributed by atoms with Gasteiger partial charge in [0.15, 0.2) is 0 Å². The summed E-state index contributed by atoms with van der Waals surface area (Å²) in [6, 6.07) is 5.98. The van der Waals surface area contributed by atoms with Gasteiger partial charge in [-0.05, 0) is 30.7 Å². The van der Waals surface area contributed by atoms with Crippen LogP contribution in [0.3, 0.4) is 0 Å². The van der Waals surface area contributed by atoms with Gasteiger partial charge in [-0.2, -0.15) is 0 Å². The van der Waals surface area contributed by atoms with Crippen LogP contribution in [0.25, 0.3) is 11.5 Å². The molecule has 1 N–H and O–H groups in total. The molecule has 136 valence electrons. The number of hydrogen-bond donors (Lipinski definition) is 1. The zero-order valence-electron chi connectivity index (χ0n) is 14.2. The second kappa shape index (κ2) is 8.19. The third kappa shape index (κ3) is 4.62. The minimum Gasteiger partial charge on any atom is -0.412 e. The molecule has 0 aliphatic rings. The minimum absolute atomic E-state index is 0.135. The molecule has 2 rings (SSSR count). The highest BCUT2D eigenvalue weighted by atomic mass is 32.2. The maximum Gasteiger partial charge on any atom is 0.308 e. The smallest absolute Gasteiger partial charge is 0.308 e. The first-order chi connectivity index (χ1) is 11.9. The Bertz CT molecular complexity index is 815. The maximum atomic E-state index is 12.0. The van der Waals surface area contributed by atoms with Crippen LogP contribution in [0.15, 0.2) is 33.6 Å². The average molecular weight is 368 g/mol. The van der Waals surface area contributed by atoms with E-state index in [1.165, 1.54) is 26.2 Å². The van der Waals surface area contributed by atoms with Crippen molar-refractivity contribution in [3.63, 3.8) is 0 Å². The molecule has 0 atom stereocenters. The number of rotatable bonds is 8. The summed E-state index contributed by atoms with van der Waals surface area (Å²) in [7, 11) is 0.992. The Morgan fingerprint density at radius 1 is 1.24 bits per heavy atom. The summed E-state index contributed by atoms with van der Waals surface area (Å²) in [5.74, 6) is -0.491. The molecule has 10 heteroatoms. The normalized spacial score (nSPS) is 11.7. The van der Waals surface area contributed by atoms with Gasteiger partial charge in [0, 0.05) is 39.9 Å². The lowest BCUT2D eigenvalue weighted by molar-refractivity contribution is 0.0914. The third-order valence-corrected chi connectivity index (χ3v) is 5.14. The lowest BCUT2D eigenvalue weighted by atomic mass is 10.2. The highest BCUT2D eigenvalue weighted by Crippen LogP contribution is 2.21. The van der Waals surface area contributed by atoms with Crippen molar-refractivity contribution < 1.29 is 22.4 Å². The van der Waals surface area contributed by atoms with Gasteiger partial charge in [0.05, 0.1) is 4.90 Å². The Kier molecular flexibility index (Phi) is 6.23. The minimum atomic E-state index is -3.51. The maximum absolute atomic E-state index is 12.0. The van der Waals surface area contributed by atoms with Gasteiger partial charge in [-0.3, -0.25) is 4.79 Å². The summed E-state index contributed by atoms with van der Waals surface area (Å²) in [5.41, 5.74) is 0.517. The fourth-order valence-electron chi connectivity index (χ4n) is 1.91. The average Bonchev–Trinajstić information content (AvgIpc) is 3.08. The van der Waals surface area contributed by atoms with E-state index in [2.05, 4.69) is 15.5 Å². The molecule has 0 saturated carbocycles. The standard InChI is InChI=1S/C15H20N4O5S/c1-19(2)25(21,22)12-7-5-11(6-8-12)14-17-18-15(24-14)13(20)16-9-4-10-23-3/h5-8H,4,9-10H2,1-3H3,(H,16,20). The monoisotopic (exact) mass is 368 g/mol. The van der Waals surface area contributed by atoms with Crippen LogP contribution in [-0.2, 0) is 14.8 Å². The molecule has 0 radical (unpaired) electrons. The molecule has 1 aromatic heterocycles. The van der Waals surface area contributed by atoms with Gasteiger partial charge >= 0.3 is 11.8 Å². The van der Waals surface area contributed by atoms with Crippen molar-refractivity contribution in [2.24, 2.45) is 0 Å². The first-order valence-corrected chi connectivity index (χ1v) is 8.94. The summed E-state index contributed by atoms with van der Waals surface area (Å²) >= 11 is 0. The number of hydrogen-bond acceptors (Lipinski definition) is 7.